The van der Waals surface area contributed by atoms with Gasteiger partial charge in [-0.3, -0.25) is 0 Å². The predicted molar refractivity (Wildman–Crippen MR) is 80.0 cm³/mol. The molecule has 3 rings (SSSR count). The van der Waals surface area contributed by atoms with Crippen LogP contribution in [-0.4, -0.2) is 24.6 Å². The molecular formula is C15H16N2O2S. The van der Waals surface area contributed by atoms with E-state index in [1.807, 2.05) is 0 Å². The zero-order chi connectivity index (χ0) is 14.1. The molecule has 0 spiro atoms. The van der Waals surface area contributed by atoms with Crippen LogP contribution in [0, 0.1) is 6.92 Å². The number of hydrogen-bond acceptors (Lipinski definition) is 5. The van der Waals surface area contributed by atoms with Crippen LogP contribution in [0.25, 0.3) is 0 Å². The number of anilines is 2. The van der Waals surface area contributed by atoms with Gasteiger partial charge in [0.05, 0.1) is 7.11 Å². The Kier molecular flexibility index (Phi) is 3.44. The molecule has 5 heteroatoms. The number of nitrogens with zero attached hydrogens (tertiary/aromatic N) is 2. The molecule has 0 atom stereocenters. The Hall–Kier alpha value is -1.88. The minimum absolute atomic E-state index is 0.381. The number of thiazole rings is 1. The number of methoxy groups -OCH3 is 1. The highest BCUT2D eigenvalue weighted by Gasteiger charge is 2.22. The average Bonchev–Trinajstić information content (AvgIpc) is 2.95. The van der Waals surface area contributed by atoms with E-state index >= 15 is 0 Å². The van der Waals surface area contributed by atoms with Crippen LogP contribution in [0.3, 0.4) is 0 Å². The van der Waals surface area contributed by atoms with Crippen LogP contribution in [0.2, 0.25) is 0 Å². The second-order valence-electron chi connectivity index (χ2n) is 4.89. The number of esters is 1. The first kappa shape index (κ1) is 13.1. The third-order valence-electron chi connectivity index (χ3n) is 3.47. The highest BCUT2D eigenvalue weighted by Crippen LogP contribution is 2.35. The number of aromatic nitrogens is 1. The van der Waals surface area contributed by atoms with Gasteiger partial charge in [-0.2, -0.15) is 0 Å². The maximum absolute atomic E-state index is 11.5. The third-order valence-corrected chi connectivity index (χ3v) is 4.33. The molecular weight excluding hydrogens is 272 g/mol. The van der Waals surface area contributed by atoms with Crippen LogP contribution in [0.1, 0.15) is 28.0 Å². The van der Waals surface area contributed by atoms with Crippen molar-refractivity contribution in [3.05, 3.63) is 40.4 Å². The molecule has 0 bridgehead atoms. The van der Waals surface area contributed by atoms with Gasteiger partial charge in [-0.25, -0.2) is 9.78 Å². The van der Waals surface area contributed by atoms with E-state index in [0.717, 1.165) is 24.5 Å². The number of carbonyl (C=O) groups is 1. The molecule has 0 saturated carbocycles. The third kappa shape index (κ3) is 2.29. The molecule has 0 saturated heterocycles. The zero-order valence-corrected chi connectivity index (χ0v) is 12.4. The summed E-state index contributed by atoms with van der Waals surface area (Å²) in [4.78, 5) is 18.1. The first-order chi connectivity index (χ1) is 9.69. The van der Waals surface area contributed by atoms with Gasteiger partial charge in [0.15, 0.2) is 10.8 Å². The number of fused-ring (bicyclic) bond motifs is 1. The molecule has 0 N–H and O–H groups in total. The van der Waals surface area contributed by atoms with E-state index in [-0.39, 0.29) is 5.97 Å². The summed E-state index contributed by atoms with van der Waals surface area (Å²) in [6.45, 7) is 3.04. The van der Waals surface area contributed by atoms with Crippen molar-refractivity contribution in [2.24, 2.45) is 0 Å². The molecule has 4 nitrogen and oxygen atoms in total. The standard InChI is InChI=1S/C15H16N2O2S/c1-10-5-6-13-11(8-10)4-3-7-17(13)15-16-12(9-20-15)14(18)19-2/h5-6,8-9H,3-4,7H2,1-2H3. The number of aryl methyl sites for hydroxylation is 2. The Morgan fingerprint density at radius 2 is 2.30 bits per heavy atom. The Labute approximate surface area is 122 Å². The van der Waals surface area contributed by atoms with Crippen molar-refractivity contribution in [3.63, 3.8) is 0 Å². The van der Waals surface area contributed by atoms with E-state index in [4.69, 9.17) is 4.74 Å². The fourth-order valence-corrected chi connectivity index (χ4v) is 3.35. The van der Waals surface area contributed by atoms with Crippen molar-refractivity contribution in [2.45, 2.75) is 19.8 Å². The largest absolute Gasteiger partial charge is 0.464 e. The lowest BCUT2D eigenvalue weighted by Gasteiger charge is -2.29. The van der Waals surface area contributed by atoms with Gasteiger partial charge >= 0.3 is 5.97 Å². The molecule has 0 unspecified atom stereocenters. The number of carbonyl (C=O) groups excluding carboxylic acids is 1. The zero-order valence-electron chi connectivity index (χ0n) is 11.5. The molecule has 0 aliphatic carbocycles. The predicted octanol–water partition coefficient (Wildman–Crippen LogP) is 3.32. The van der Waals surface area contributed by atoms with Crippen LogP contribution in [-0.2, 0) is 11.2 Å². The lowest BCUT2D eigenvalue weighted by molar-refractivity contribution is 0.0595. The number of hydrogen-bond donors (Lipinski definition) is 0. The molecule has 1 aliphatic heterocycles. The summed E-state index contributed by atoms with van der Waals surface area (Å²) in [5.74, 6) is -0.381. The summed E-state index contributed by atoms with van der Waals surface area (Å²) >= 11 is 1.48. The van der Waals surface area contributed by atoms with Crippen LogP contribution >= 0.6 is 11.3 Å². The van der Waals surface area contributed by atoms with E-state index in [1.54, 1.807) is 5.38 Å². The van der Waals surface area contributed by atoms with E-state index in [9.17, 15) is 4.79 Å². The maximum Gasteiger partial charge on any atom is 0.357 e. The van der Waals surface area contributed by atoms with Crippen LogP contribution in [0.15, 0.2) is 23.6 Å². The van der Waals surface area contributed by atoms with Crippen LogP contribution in [0.5, 0.6) is 0 Å². The normalized spacial score (nSPS) is 14.0. The summed E-state index contributed by atoms with van der Waals surface area (Å²) < 4.78 is 4.71. The maximum atomic E-state index is 11.5. The molecule has 0 radical (unpaired) electrons. The molecule has 104 valence electrons. The monoisotopic (exact) mass is 288 g/mol. The van der Waals surface area contributed by atoms with Gasteiger partial charge in [-0.1, -0.05) is 17.7 Å². The number of rotatable bonds is 2. The molecule has 2 aromatic rings. The summed E-state index contributed by atoms with van der Waals surface area (Å²) in [6, 6.07) is 6.49. The molecule has 1 aromatic carbocycles. The number of benzene rings is 1. The van der Waals surface area contributed by atoms with Crippen molar-refractivity contribution in [3.8, 4) is 0 Å². The van der Waals surface area contributed by atoms with Crippen LogP contribution < -0.4 is 4.90 Å². The van der Waals surface area contributed by atoms with Gasteiger partial charge in [0, 0.05) is 17.6 Å². The highest BCUT2D eigenvalue weighted by atomic mass is 32.1. The minimum atomic E-state index is -0.381. The summed E-state index contributed by atoms with van der Waals surface area (Å²) in [5, 5.41) is 2.61. The summed E-state index contributed by atoms with van der Waals surface area (Å²) in [5.41, 5.74) is 4.21. The van der Waals surface area contributed by atoms with Crippen molar-refractivity contribution in [1.29, 1.82) is 0 Å². The van der Waals surface area contributed by atoms with Gasteiger partial charge in [0.25, 0.3) is 0 Å². The first-order valence-electron chi connectivity index (χ1n) is 6.60. The Morgan fingerprint density at radius 3 is 3.10 bits per heavy atom. The quantitative estimate of drug-likeness (QED) is 0.795. The fourth-order valence-electron chi connectivity index (χ4n) is 2.51. The summed E-state index contributed by atoms with van der Waals surface area (Å²) in [7, 11) is 1.38. The van der Waals surface area contributed by atoms with E-state index in [1.165, 1.54) is 35.3 Å². The molecule has 20 heavy (non-hydrogen) atoms. The topological polar surface area (TPSA) is 42.4 Å². The first-order valence-corrected chi connectivity index (χ1v) is 7.48. The molecule has 1 aliphatic rings. The fraction of sp³-hybridized carbons (Fsp3) is 0.333. The van der Waals surface area contributed by atoms with Crippen molar-refractivity contribution >= 4 is 28.1 Å². The van der Waals surface area contributed by atoms with Crippen molar-refractivity contribution < 1.29 is 9.53 Å². The molecule has 1 aromatic heterocycles. The minimum Gasteiger partial charge on any atom is -0.464 e. The van der Waals surface area contributed by atoms with Gasteiger partial charge in [-0.15, -0.1) is 11.3 Å². The molecule has 0 amide bonds. The van der Waals surface area contributed by atoms with Gasteiger partial charge in [0.1, 0.15) is 0 Å². The van der Waals surface area contributed by atoms with Gasteiger partial charge in [-0.05, 0) is 31.4 Å². The number of ether oxygens (including phenoxy) is 1. The Bertz CT molecular complexity index is 651. The average molecular weight is 288 g/mol. The van der Waals surface area contributed by atoms with Crippen molar-refractivity contribution in [1.82, 2.24) is 4.98 Å². The second kappa shape index (κ2) is 5.25. The summed E-state index contributed by atoms with van der Waals surface area (Å²) in [6.07, 6.45) is 2.20. The van der Waals surface area contributed by atoms with Crippen LogP contribution in [0.4, 0.5) is 10.8 Å². The van der Waals surface area contributed by atoms with Crippen molar-refractivity contribution in [2.75, 3.05) is 18.6 Å². The highest BCUT2D eigenvalue weighted by molar-refractivity contribution is 7.14. The Morgan fingerprint density at radius 1 is 1.45 bits per heavy atom. The SMILES string of the molecule is COC(=O)c1csc(N2CCCc3cc(C)ccc32)n1. The van der Waals surface area contributed by atoms with E-state index in [0.29, 0.717) is 5.69 Å². The second-order valence-corrected chi connectivity index (χ2v) is 5.73. The van der Waals surface area contributed by atoms with E-state index < -0.39 is 0 Å². The molecule has 0 fully saturated rings. The Balaban J connectivity index is 1.96. The van der Waals surface area contributed by atoms with Gasteiger partial charge < -0.3 is 9.64 Å². The molecule has 2 heterocycles. The van der Waals surface area contributed by atoms with E-state index in [2.05, 4.69) is 35.0 Å². The lowest BCUT2D eigenvalue weighted by Crippen LogP contribution is -2.24. The van der Waals surface area contributed by atoms with Gasteiger partial charge in [0.2, 0.25) is 0 Å². The smallest absolute Gasteiger partial charge is 0.357 e. The lowest BCUT2D eigenvalue weighted by atomic mass is 10.00.